The summed E-state index contributed by atoms with van der Waals surface area (Å²) in [7, 11) is 0. The molecule has 0 heterocycles. The second kappa shape index (κ2) is 4.25. The lowest BCUT2D eigenvalue weighted by Gasteiger charge is -2.08. The fourth-order valence-corrected chi connectivity index (χ4v) is 1.55. The molecule has 0 radical (unpaired) electrons. The minimum atomic E-state index is -0.618. The Morgan fingerprint density at radius 3 is 2.24 bits per heavy atom. The summed E-state index contributed by atoms with van der Waals surface area (Å²) in [4.78, 5) is 12.1. The van der Waals surface area contributed by atoms with Gasteiger partial charge in [-0.05, 0) is 12.1 Å². The van der Waals surface area contributed by atoms with Crippen LogP contribution in [0.4, 0.5) is 15.8 Å². The van der Waals surface area contributed by atoms with Crippen molar-refractivity contribution in [3.05, 3.63) is 59.4 Å². The van der Waals surface area contributed by atoms with Crippen molar-refractivity contribution in [2.75, 3.05) is 11.5 Å². The number of benzene rings is 2. The maximum atomic E-state index is 13.1. The highest BCUT2D eigenvalue weighted by atomic mass is 19.1. The maximum Gasteiger partial charge on any atom is 0.195 e. The Bertz CT molecular complexity index is 567. The minimum absolute atomic E-state index is 0.0150. The van der Waals surface area contributed by atoms with E-state index in [9.17, 15) is 9.18 Å². The van der Waals surface area contributed by atoms with E-state index < -0.39 is 5.82 Å². The molecule has 4 heteroatoms. The fraction of sp³-hybridized carbons (Fsp3) is 0. The summed E-state index contributed by atoms with van der Waals surface area (Å²) < 4.78 is 13.1. The molecule has 0 saturated heterocycles. The van der Waals surface area contributed by atoms with Crippen LogP contribution < -0.4 is 11.5 Å². The van der Waals surface area contributed by atoms with Crippen LogP contribution in [0, 0.1) is 5.82 Å². The van der Waals surface area contributed by atoms with Crippen molar-refractivity contribution in [2.45, 2.75) is 0 Å². The summed E-state index contributed by atoms with van der Waals surface area (Å²) in [5.41, 5.74) is 11.6. The van der Waals surface area contributed by atoms with Gasteiger partial charge in [0, 0.05) is 11.1 Å². The predicted octanol–water partition coefficient (Wildman–Crippen LogP) is 2.22. The lowest BCUT2D eigenvalue weighted by molar-refractivity contribution is 0.103. The number of halogens is 1. The molecule has 0 atom stereocenters. The molecule has 0 fully saturated rings. The largest absolute Gasteiger partial charge is 0.396 e. The summed E-state index contributed by atoms with van der Waals surface area (Å²) in [5, 5.41) is 0. The van der Waals surface area contributed by atoms with Crippen molar-refractivity contribution in [2.24, 2.45) is 0 Å². The Hall–Kier alpha value is -2.36. The Morgan fingerprint density at radius 2 is 1.59 bits per heavy atom. The maximum absolute atomic E-state index is 13.1. The van der Waals surface area contributed by atoms with E-state index in [2.05, 4.69) is 0 Å². The van der Waals surface area contributed by atoms with Gasteiger partial charge in [0.15, 0.2) is 5.78 Å². The van der Waals surface area contributed by atoms with Gasteiger partial charge in [0.2, 0.25) is 0 Å². The zero-order valence-electron chi connectivity index (χ0n) is 8.98. The number of rotatable bonds is 2. The highest BCUT2D eigenvalue weighted by Gasteiger charge is 2.15. The second-order valence-corrected chi connectivity index (χ2v) is 3.62. The summed E-state index contributed by atoms with van der Waals surface area (Å²) in [6, 6.07) is 11.1. The standard InChI is InChI=1S/C13H11FN2O/c14-10-7-6-9(11(15)12(10)16)13(17)8-4-2-1-3-5-8/h1-7H,15-16H2. The van der Waals surface area contributed by atoms with E-state index in [0.717, 1.165) is 6.07 Å². The van der Waals surface area contributed by atoms with Gasteiger partial charge in [-0.3, -0.25) is 4.79 Å². The van der Waals surface area contributed by atoms with Crippen molar-refractivity contribution in [3.8, 4) is 0 Å². The number of hydrogen-bond acceptors (Lipinski definition) is 3. The van der Waals surface area contributed by atoms with Crippen molar-refractivity contribution < 1.29 is 9.18 Å². The van der Waals surface area contributed by atoms with Gasteiger partial charge in [-0.2, -0.15) is 0 Å². The molecule has 0 aliphatic rings. The number of carbonyl (C=O) groups is 1. The highest BCUT2D eigenvalue weighted by molar-refractivity contribution is 6.13. The molecule has 0 unspecified atom stereocenters. The molecule has 86 valence electrons. The average molecular weight is 230 g/mol. The van der Waals surface area contributed by atoms with E-state index in [1.54, 1.807) is 30.3 Å². The molecule has 3 nitrogen and oxygen atoms in total. The van der Waals surface area contributed by atoms with Gasteiger partial charge in [-0.25, -0.2) is 4.39 Å². The molecule has 0 saturated carbocycles. The zero-order chi connectivity index (χ0) is 12.4. The van der Waals surface area contributed by atoms with Gasteiger partial charge in [-0.15, -0.1) is 0 Å². The van der Waals surface area contributed by atoms with Gasteiger partial charge >= 0.3 is 0 Å². The molecule has 2 aromatic carbocycles. The second-order valence-electron chi connectivity index (χ2n) is 3.62. The lowest BCUT2D eigenvalue weighted by Crippen LogP contribution is -2.08. The van der Waals surface area contributed by atoms with Crippen LogP contribution in [0.1, 0.15) is 15.9 Å². The van der Waals surface area contributed by atoms with Crippen LogP contribution in [0.25, 0.3) is 0 Å². The van der Waals surface area contributed by atoms with E-state index in [4.69, 9.17) is 11.5 Å². The molecule has 0 aliphatic heterocycles. The molecule has 0 amide bonds. The first kappa shape index (κ1) is 11.1. The quantitative estimate of drug-likeness (QED) is 0.614. The van der Waals surface area contributed by atoms with E-state index in [1.165, 1.54) is 6.07 Å². The first-order chi connectivity index (χ1) is 8.11. The number of hydrogen-bond donors (Lipinski definition) is 2. The predicted molar refractivity (Wildman–Crippen MR) is 65.1 cm³/mol. The number of nitrogen functional groups attached to an aromatic ring is 2. The van der Waals surface area contributed by atoms with Crippen LogP contribution in [-0.2, 0) is 0 Å². The van der Waals surface area contributed by atoms with Crippen LogP contribution in [0.3, 0.4) is 0 Å². The van der Waals surface area contributed by atoms with Crippen molar-refractivity contribution >= 4 is 17.2 Å². The molecular weight excluding hydrogens is 219 g/mol. The highest BCUT2D eigenvalue weighted by Crippen LogP contribution is 2.25. The molecule has 2 aromatic rings. The zero-order valence-corrected chi connectivity index (χ0v) is 8.98. The molecule has 2 rings (SSSR count). The molecule has 0 aliphatic carbocycles. The average Bonchev–Trinajstić information content (AvgIpc) is 2.36. The van der Waals surface area contributed by atoms with Crippen molar-refractivity contribution in [1.82, 2.24) is 0 Å². The van der Waals surface area contributed by atoms with Crippen LogP contribution >= 0.6 is 0 Å². The summed E-state index contributed by atoms with van der Waals surface area (Å²) in [5.74, 6) is -0.887. The number of nitrogens with two attached hydrogens (primary N) is 2. The van der Waals surface area contributed by atoms with E-state index in [-0.39, 0.29) is 22.7 Å². The number of carbonyl (C=O) groups excluding carboxylic acids is 1. The summed E-state index contributed by atoms with van der Waals surface area (Å²) in [6.45, 7) is 0. The third-order valence-electron chi connectivity index (χ3n) is 2.51. The van der Waals surface area contributed by atoms with E-state index in [1.807, 2.05) is 0 Å². The Balaban J connectivity index is 2.49. The lowest BCUT2D eigenvalue weighted by atomic mass is 10.0. The third kappa shape index (κ3) is 1.97. The first-order valence-corrected chi connectivity index (χ1v) is 5.04. The smallest absolute Gasteiger partial charge is 0.195 e. The topological polar surface area (TPSA) is 69.1 Å². The summed E-state index contributed by atoms with van der Waals surface area (Å²) >= 11 is 0. The normalized spacial score (nSPS) is 10.2. The number of ketones is 1. The Morgan fingerprint density at radius 1 is 0.941 bits per heavy atom. The van der Waals surface area contributed by atoms with Gasteiger partial charge in [0.25, 0.3) is 0 Å². The number of anilines is 2. The Kier molecular flexibility index (Phi) is 2.78. The molecular formula is C13H11FN2O. The van der Waals surface area contributed by atoms with Gasteiger partial charge in [-0.1, -0.05) is 30.3 Å². The van der Waals surface area contributed by atoms with Crippen LogP contribution in [-0.4, -0.2) is 5.78 Å². The van der Waals surface area contributed by atoms with Crippen LogP contribution in [0.15, 0.2) is 42.5 Å². The van der Waals surface area contributed by atoms with E-state index >= 15 is 0 Å². The van der Waals surface area contributed by atoms with Crippen molar-refractivity contribution in [3.63, 3.8) is 0 Å². The fourth-order valence-electron chi connectivity index (χ4n) is 1.55. The molecule has 4 N–H and O–H groups in total. The summed E-state index contributed by atoms with van der Waals surface area (Å²) in [6.07, 6.45) is 0. The SMILES string of the molecule is Nc1c(F)ccc(C(=O)c2ccccc2)c1N. The monoisotopic (exact) mass is 230 g/mol. The minimum Gasteiger partial charge on any atom is -0.396 e. The van der Waals surface area contributed by atoms with Gasteiger partial charge in [0.05, 0.1) is 11.4 Å². The first-order valence-electron chi connectivity index (χ1n) is 5.04. The molecule has 0 bridgehead atoms. The van der Waals surface area contributed by atoms with Crippen LogP contribution in [0.5, 0.6) is 0 Å². The van der Waals surface area contributed by atoms with Gasteiger partial charge in [0.1, 0.15) is 5.82 Å². The van der Waals surface area contributed by atoms with Gasteiger partial charge < -0.3 is 11.5 Å². The molecule has 0 spiro atoms. The Labute approximate surface area is 97.9 Å². The third-order valence-corrected chi connectivity index (χ3v) is 2.51. The van der Waals surface area contributed by atoms with E-state index in [0.29, 0.717) is 5.56 Å². The molecule has 0 aromatic heterocycles. The van der Waals surface area contributed by atoms with Crippen LogP contribution in [0.2, 0.25) is 0 Å². The van der Waals surface area contributed by atoms with Crippen molar-refractivity contribution in [1.29, 1.82) is 0 Å². The molecule has 17 heavy (non-hydrogen) atoms.